The molecule has 0 amide bonds. The maximum Gasteiger partial charge on any atom is 0.472 e. The van der Waals surface area contributed by atoms with Gasteiger partial charge in [0.2, 0.25) is 0 Å². The standard InChI is InChI=1S/C58H103O9P/c1-3-5-7-9-11-13-15-17-19-21-23-25-27-29-31-33-35-37-39-41-43-45-47-49-51-64-54-57(55-66-68(62,63)65-53-56(60)52-59)67-58(61)50-48-46-44-42-40-38-36-34-32-30-28-26-24-22-20-18-16-14-12-10-8-6-4-2/h5,7,11,13,16-19,22-25,28,30,56-57,59-60H,3-4,6,8-10,12,14-15,20-21,26-27,29,31-55H2,1-2H3,(H,62,63)/b7-5-,13-11-,18-16-,19-17-,24-22-,25-23-,30-28-. The summed E-state index contributed by atoms with van der Waals surface area (Å²) in [7, 11) is -4.53. The first-order valence-electron chi connectivity index (χ1n) is 27.6. The van der Waals surface area contributed by atoms with Crippen LogP contribution in [0, 0.1) is 0 Å². The average Bonchev–Trinajstić information content (AvgIpc) is 3.33. The van der Waals surface area contributed by atoms with E-state index in [4.69, 9.17) is 23.6 Å². The number of rotatable bonds is 52. The largest absolute Gasteiger partial charge is 0.472 e. The summed E-state index contributed by atoms with van der Waals surface area (Å²) in [6.07, 6.45) is 68.4. The van der Waals surface area contributed by atoms with Crippen LogP contribution in [-0.2, 0) is 27.9 Å². The van der Waals surface area contributed by atoms with Crippen LogP contribution in [0.15, 0.2) is 85.1 Å². The zero-order valence-electron chi connectivity index (χ0n) is 43.6. The number of aliphatic hydroxyl groups is 2. The molecule has 0 saturated carbocycles. The number of esters is 1. The van der Waals surface area contributed by atoms with Gasteiger partial charge in [-0.15, -0.1) is 0 Å². The van der Waals surface area contributed by atoms with E-state index in [0.717, 1.165) is 89.9 Å². The molecule has 0 heterocycles. The van der Waals surface area contributed by atoms with Gasteiger partial charge in [0.05, 0.1) is 26.4 Å². The maximum absolute atomic E-state index is 12.7. The van der Waals surface area contributed by atoms with Crippen LogP contribution in [0.1, 0.15) is 232 Å². The number of allylic oxidation sites excluding steroid dienone is 14. The molecule has 0 aromatic carbocycles. The first kappa shape index (κ1) is 65.6. The number of phosphoric ester groups is 1. The van der Waals surface area contributed by atoms with Gasteiger partial charge in [0.15, 0.2) is 0 Å². The van der Waals surface area contributed by atoms with Gasteiger partial charge in [0.1, 0.15) is 12.2 Å². The first-order valence-corrected chi connectivity index (χ1v) is 29.1. The lowest BCUT2D eigenvalue weighted by Crippen LogP contribution is -2.29. The van der Waals surface area contributed by atoms with Crippen LogP contribution in [-0.4, -0.2) is 66.3 Å². The number of aliphatic hydroxyl groups excluding tert-OH is 2. The normalized spacial score (nSPS) is 14.4. The monoisotopic (exact) mass is 975 g/mol. The molecule has 0 spiro atoms. The van der Waals surface area contributed by atoms with Crippen molar-refractivity contribution in [3.63, 3.8) is 0 Å². The van der Waals surface area contributed by atoms with E-state index in [0.29, 0.717) is 6.61 Å². The predicted molar refractivity (Wildman–Crippen MR) is 288 cm³/mol. The van der Waals surface area contributed by atoms with Crippen LogP contribution in [0.25, 0.3) is 0 Å². The Morgan fingerprint density at radius 2 is 0.838 bits per heavy atom. The van der Waals surface area contributed by atoms with E-state index in [2.05, 4.69) is 98.9 Å². The second-order valence-corrected chi connectivity index (χ2v) is 19.7. The third-order valence-corrected chi connectivity index (χ3v) is 12.5. The predicted octanol–water partition coefficient (Wildman–Crippen LogP) is 16.6. The Morgan fingerprint density at radius 3 is 1.26 bits per heavy atom. The molecule has 0 aliphatic carbocycles. The minimum atomic E-state index is -4.53. The van der Waals surface area contributed by atoms with Gasteiger partial charge in [-0.2, -0.15) is 0 Å². The zero-order chi connectivity index (χ0) is 49.5. The Kier molecular flexibility index (Phi) is 52.1. The summed E-state index contributed by atoms with van der Waals surface area (Å²) in [5.74, 6) is -0.391. The van der Waals surface area contributed by atoms with Gasteiger partial charge >= 0.3 is 13.8 Å². The fraction of sp³-hybridized carbons (Fsp3) is 0.741. The first-order chi connectivity index (χ1) is 33.3. The van der Waals surface area contributed by atoms with E-state index < -0.39 is 39.2 Å². The molecular weight excluding hydrogens is 872 g/mol. The Balaban J connectivity index is 4.08. The number of carbonyl (C=O) groups excluding carboxylic acids is 1. The zero-order valence-corrected chi connectivity index (χ0v) is 44.4. The van der Waals surface area contributed by atoms with E-state index in [-0.39, 0.29) is 19.6 Å². The van der Waals surface area contributed by atoms with Crippen molar-refractivity contribution < 1.29 is 43.0 Å². The molecule has 0 radical (unpaired) electrons. The molecule has 0 aromatic heterocycles. The molecule has 0 rings (SSSR count). The number of phosphoric acid groups is 1. The lowest BCUT2D eigenvalue weighted by atomic mass is 10.1. The van der Waals surface area contributed by atoms with Crippen LogP contribution in [0.3, 0.4) is 0 Å². The lowest BCUT2D eigenvalue weighted by Gasteiger charge is -2.20. The molecule has 3 atom stereocenters. The van der Waals surface area contributed by atoms with Crippen molar-refractivity contribution in [2.45, 2.75) is 244 Å². The molecule has 3 N–H and O–H groups in total. The number of hydrogen-bond donors (Lipinski definition) is 3. The van der Waals surface area contributed by atoms with E-state index in [1.54, 1.807) is 0 Å². The van der Waals surface area contributed by atoms with Crippen molar-refractivity contribution in [1.82, 2.24) is 0 Å². The topological polar surface area (TPSA) is 132 Å². The number of ether oxygens (including phenoxy) is 2. The molecule has 10 heteroatoms. The molecular formula is C58H103O9P. The van der Waals surface area contributed by atoms with Crippen molar-refractivity contribution >= 4 is 13.8 Å². The van der Waals surface area contributed by atoms with Gasteiger partial charge in [-0.3, -0.25) is 13.8 Å². The summed E-state index contributed by atoms with van der Waals surface area (Å²) in [4.78, 5) is 22.8. The summed E-state index contributed by atoms with van der Waals surface area (Å²) >= 11 is 0. The van der Waals surface area contributed by atoms with Gasteiger partial charge in [-0.1, -0.05) is 221 Å². The van der Waals surface area contributed by atoms with Crippen molar-refractivity contribution in [2.75, 3.05) is 33.0 Å². The van der Waals surface area contributed by atoms with E-state index in [1.165, 1.54) is 122 Å². The number of hydrogen-bond acceptors (Lipinski definition) is 8. The highest BCUT2D eigenvalue weighted by atomic mass is 31.2. The molecule has 0 aromatic rings. The van der Waals surface area contributed by atoms with Crippen LogP contribution >= 0.6 is 7.82 Å². The molecule has 3 unspecified atom stereocenters. The molecule has 0 aliphatic rings. The summed E-state index contributed by atoms with van der Waals surface area (Å²) < 4.78 is 33.6. The summed E-state index contributed by atoms with van der Waals surface area (Å²) in [5.41, 5.74) is 0. The molecule has 68 heavy (non-hydrogen) atoms. The second kappa shape index (κ2) is 54.0. The Hall–Kier alpha value is -2.36. The van der Waals surface area contributed by atoms with E-state index in [9.17, 15) is 19.4 Å². The smallest absolute Gasteiger partial charge is 0.457 e. The van der Waals surface area contributed by atoms with Crippen molar-refractivity contribution in [3.05, 3.63) is 85.1 Å². The molecule has 0 saturated heterocycles. The maximum atomic E-state index is 12.7. The highest BCUT2D eigenvalue weighted by Crippen LogP contribution is 2.43. The SMILES string of the molecule is CC/C=C\C/C=C\C/C=C\C/C=C\CCCCCCCCCCCCCOCC(COP(=O)(O)OCC(O)CO)OC(=O)CCCCCCCCCC/C=C\C/C=C\C/C=C\CCCCCCC. The summed E-state index contributed by atoms with van der Waals surface area (Å²) in [5, 5.41) is 18.5. The Morgan fingerprint density at radius 1 is 0.471 bits per heavy atom. The molecule has 0 aliphatic heterocycles. The third kappa shape index (κ3) is 53.0. The van der Waals surface area contributed by atoms with Gasteiger partial charge in [-0.25, -0.2) is 4.57 Å². The molecule has 0 bridgehead atoms. The van der Waals surface area contributed by atoms with Gasteiger partial charge < -0.3 is 24.6 Å². The summed E-state index contributed by atoms with van der Waals surface area (Å²) in [6.45, 7) is 3.39. The highest BCUT2D eigenvalue weighted by Gasteiger charge is 2.26. The second-order valence-electron chi connectivity index (χ2n) is 18.2. The molecule has 0 fully saturated rings. The minimum Gasteiger partial charge on any atom is -0.457 e. The fourth-order valence-corrected chi connectivity index (χ4v) is 8.20. The lowest BCUT2D eigenvalue weighted by molar-refractivity contribution is -0.154. The number of unbranched alkanes of at least 4 members (excludes halogenated alkanes) is 24. The van der Waals surface area contributed by atoms with Gasteiger partial charge in [0, 0.05) is 13.0 Å². The van der Waals surface area contributed by atoms with Crippen molar-refractivity contribution in [3.8, 4) is 0 Å². The van der Waals surface area contributed by atoms with Crippen molar-refractivity contribution in [2.24, 2.45) is 0 Å². The van der Waals surface area contributed by atoms with Gasteiger partial charge in [-0.05, 0) is 89.9 Å². The van der Waals surface area contributed by atoms with Crippen LogP contribution < -0.4 is 0 Å². The fourth-order valence-electron chi connectivity index (χ4n) is 7.41. The summed E-state index contributed by atoms with van der Waals surface area (Å²) in [6, 6.07) is 0. The molecule has 394 valence electrons. The Labute approximate surface area is 417 Å². The van der Waals surface area contributed by atoms with Crippen molar-refractivity contribution in [1.29, 1.82) is 0 Å². The van der Waals surface area contributed by atoms with Crippen LogP contribution in [0.2, 0.25) is 0 Å². The Bertz CT molecular complexity index is 1340. The third-order valence-electron chi connectivity index (χ3n) is 11.6. The molecule has 9 nitrogen and oxygen atoms in total. The quantitative estimate of drug-likeness (QED) is 0.0236. The van der Waals surface area contributed by atoms with Crippen LogP contribution in [0.5, 0.6) is 0 Å². The highest BCUT2D eigenvalue weighted by molar-refractivity contribution is 7.47. The number of carbonyl (C=O) groups is 1. The van der Waals surface area contributed by atoms with Crippen LogP contribution in [0.4, 0.5) is 0 Å². The average molecular weight is 975 g/mol. The van der Waals surface area contributed by atoms with Gasteiger partial charge in [0.25, 0.3) is 0 Å². The van der Waals surface area contributed by atoms with E-state index >= 15 is 0 Å². The minimum absolute atomic E-state index is 0.0402. The van der Waals surface area contributed by atoms with E-state index in [1.807, 2.05) is 0 Å².